The summed E-state index contributed by atoms with van der Waals surface area (Å²) in [6.07, 6.45) is 9.80. The quantitative estimate of drug-likeness (QED) is 0.150. The number of nitrogens with zero attached hydrogens (tertiary/aromatic N) is 2. The van der Waals surface area contributed by atoms with Crippen LogP contribution >= 0.6 is 0 Å². The molecular weight excluding hydrogens is 649 g/mol. The van der Waals surface area contributed by atoms with Gasteiger partial charge in [0.1, 0.15) is 17.4 Å². The van der Waals surface area contributed by atoms with Crippen molar-refractivity contribution in [2.24, 2.45) is 11.8 Å². The predicted molar refractivity (Wildman–Crippen MR) is 203 cm³/mol. The lowest BCUT2D eigenvalue weighted by atomic mass is 9.68. The Morgan fingerprint density at radius 1 is 0.865 bits per heavy atom. The molecule has 0 radical (unpaired) electrons. The fraction of sp³-hybridized carbons (Fsp3) is 0.523. The third kappa shape index (κ3) is 8.70. The molecule has 1 aliphatic carbocycles. The number of amides is 2. The summed E-state index contributed by atoms with van der Waals surface area (Å²) in [7, 11) is 0. The normalized spacial score (nSPS) is 24.4. The van der Waals surface area contributed by atoms with Crippen molar-refractivity contribution in [3.05, 3.63) is 108 Å². The zero-order valence-electron chi connectivity index (χ0n) is 30.8. The molecule has 2 heterocycles. The highest BCUT2D eigenvalue weighted by Gasteiger charge is 2.45. The van der Waals surface area contributed by atoms with Gasteiger partial charge in [0.05, 0.1) is 18.7 Å². The Balaban J connectivity index is 0.990. The summed E-state index contributed by atoms with van der Waals surface area (Å²) in [5.41, 5.74) is 1.53. The first kappa shape index (κ1) is 37.6. The van der Waals surface area contributed by atoms with Gasteiger partial charge in [-0.2, -0.15) is 5.26 Å². The van der Waals surface area contributed by atoms with E-state index in [1.165, 1.54) is 0 Å². The van der Waals surface area contributed by atoms with E-state index in [9.17, 15) is 20.0 Å². The largest absolute Gasteiger partial charge is 0.462 e. The molecule has 0 spiro atoms. The topological polar surface area (TPSA) is 115 Å². The number of carbonyl (C=O) groups is 2. The molecule has 2 amide bonds. The van der Waals surface area contributed by atoms with E-state index < -0.39 is 17.4 Å². The number of esters is 1. The van der Waals surface area contributed by atoms with Crippen LogP contribution in [0, 0.1) is 23.2 Å². The molecule has 276 valence electrons. The van der Waals surface area contributed by atoms with Crippen molar-refractivity contribution in [2.75, 3.05) is 13.2 Å². The summed E-state index contributed by atoms with van der Waals surface area (Å²) in [6, 6.07) is 32.2. The summed E-state index contributed by atoms with van der Waals surface area (Å²) < 4.78 is 6.00. The maximum absolute atomic E-state index is 13.7. The number of carbonyl (C=O) groups excluding carboxylic acids is 2. The number of ether oxygens (including phenoxy) is 1. The van der Waals surface area contributed by atoms with E-state index in [0.717, 1.165) is 81.0 Å². The van der Waals surface area contributed by atoms with E-state index in [2.05, 4.69) is 35.5 Å². The number of benzene rings is 3. The van der Waals surface area contributed by atoms with Crippen molar-refractivity contribution < 1.29 is 19.4 Å². The van der Waals surface area contributed by atoms with E-state index in [4.69, 9.17) is 4.74 Å². The first-order valence-electron chi connectivity index (χ1n) is 19.5. The molecular formula is C44H56N4O4. The first-order chi connectivity index (χ1) is 25.3. The number of nitriles is 1. The molecule has 3 aromatic carbocycles. The van der Waals surface area contributed by atoms with Gasteiger partial charge in [-0.25, -0.2) is 4.79 Å². The number of piperidine rings is 1. The van der Waals surface area contributed by atoms with E-state index in [1.54, 1.807) is 0 Å². The van der Waals surface area contributed by atoms with Crippen LogP contribution in [-0.2, 0) is 14.9 Å². The van der Waals surface area contributed by atoms with E-state index >= 15 is 0 Å². The standard InChI is InChI=1S/C44H56N4O4/c1-31(2)26-41(44(30-45,34-14-8-4-9-15-34)35-16-10-5-11-17-35)47-43(51)46-36-20-18-32(19-21-36)24-25-48-37-22-23-38(48)28-39(27-37)52-42(50)40(29-49)33-12-6-3-7-13-33/h3-17,31-32,36-41,49H,18-29H2,1-2H3,(H2,46,47,51)/t32?,36?,37?,38?,39?,40?,41-/m0/s1. The number of nitrogens with one attached hydrogen (secondary N) is 2. The van der Waals surface area contributed by atoms with Crippen LogP contribution in [0.25, 0.3) is 0 Å². The summed E-state index contributed by atoms with van der Waals surface area (Å²) in [6.45, 7) is 5.08. The molecule has 3 aliphatic rings. The molecule has 2 saturated heterocycles. The van der Waals surface area contributed by atoms with Crippen LogP contribution in [0.15, 0.2) is 91.0 Å². The zero-order chi connectivity index (χ0) is 36.5. The number of aliphatic hydroxyl groups is 1. The van der Waals surface area contributed by atoms with Crippen LogP contribution < -0.4 is 10.6 Å². The van der Waals surface area contributed by atoms with Crippen LogP contribution in [0.2, 0.25) is 0 Å². The molecule has 8 heteroatoms. The van der Waals surface area contributed by atoms with Gasteiger partial charge in [0.2, 0.25) is 0 Å². The third-order valence-corrected chi connectivity index (χ3v) is 11.9. The highest BCUT2D eigenvalue weighted by Crippen LogP contribution is 2.40. The second-order valence-corrected chi connectivity index (χ2v) is 15.8. The van der Waals surface area contributed by atoms with Crippen molar-refractivity contribution >= 4 is 12.0 Å². The first-order valence-corrected chi connectivity index (χ1v) is 19.5. The van der Waals surface area contributed by atoms with Crippen LogP contribution in [0.4, 0.5) is 4.79 Å². The van der Waals surface area contributed by atoms with Gasteiger partial charge in [-0.1, -0.05) is 105 Å². The molecule has 1 saturated carbocycles. The highest BCUT2D eigenvalue weighted by molar-refractivity contribution is 5.78. The van der Waals surface area contributed by atoms with Gasteiger partial charge in [0.25, 0.3) is 0 Å². The van der Waals surface area contributed by atoms with Gasteiger partial charge < -0.3 is 20.5 Å². The lowest BCUT2D eigenvalue weighted by Crippen LogP contribution is -2.55. The number of rotatable bonds is 14. The van der Waals surface area contributed by atoms with Crippen LogP contribution in [-0.4, -0.2) is 65.4 Å². The molecule has 2 aliphatic heterocycles. The van der Waals surface area contributed by atoms with Gasteiger partial charge in [-0.05, 0) is 86.4 Å². The molecule has 3 fully saturated rings. The van der Waals surface area contributed by atoms with Gasteiger partial charge in [0, 0.05) is 31.0 Å². The average Bonchev–Trinajstić information content (AvgIpc) is 3.40. The summed E-state index contributed by atoms with van der Waals surface area (Å²) >= 11 is 0. The maximum Gasteiger partial charge on any atom is 0.316 e. The Hall–Kier alpha value is -4.19. The van der Waals surface area contributed by atoms with Crippen molar-refractivity contribution in [3.63, 3.8) is 0 Å². The van der Waals surface area contributed by atoms with Gasteiger partial charge in [-0.3, -0.25) is 9.69 Å². The minimum absolute atomic E-state index is 0.0921. The Labute approximate surface area is 309 Å². The van der Waals surface area contributed by atoms with Gasteiger partial charge in [-0.15, -0.1) is 0 Å². The van der Waals surface area contributed by atoms with Crippen molar-refractivity contribution in [3.8, 4) is 6.07 Å². The monoisotopic (exact) mass is 704 g/mol. The smallest absolute Gasteiger partial charge is 0.316 e. The van der Waals surface area contributed by atoms with E-state index in [0.29, 0.717) is 24.4 Å². The number of urea groups is 1. The van der Waals surface area contributed by atoms with E-state index in [1.807, 2.05) is 91.0 Å². The van der Waals surface area contributed by atoms with Gasteiger partial charge >= 0.3 is 12.0 Å². The molecule has 4 atom stereocenters. The zero-order valence-corrected chi connectivity index (χ0v) is 30.8. The molecule has 3 unspecified atom stereocenters. The lowest BCUT2D eigenvalue weighted by Gasteiger charge is -2.40. The fourth-order valence-electron chi connectivity index (χ4n) is 9.24. The van der Waals surface area contributed by atoms with Crippen LogP contribution in [0.5, 0.6) is 0 Å². The second kappa shape index (κ2) is 17.6. The maximum atomic E-state index is 13.7. The fourth-order valence-corrected chi connectivity index (χ4v) is 9.24. The molecule has 2 bridgehead atoms. The number of hydrogen-bond donors (Lipinski definition) is 3. The second-order valence-electron chi connectivity index (χ2n) is 15.8. The van der Waals surface area contributed by atoms with Crippen molar-refractivity contribution in [1.29, 1.82) is 5.26 Å². The summed E-state index contributed by atoms with van der Waals surface area (Å²) in [5.74, 6) is -0.0555. The molecule has 52 heavy (non-hydrogen) atoms. The summed E-state index contributed by atoms with van der Waals surface area (Å²) in [4.78, 5) is 29.3. The number of hydrogen-bond acceptors (Lipinski definition) is 6. The van der Waals surface area contributed by atoms with Crippen LogP contribution in [0.1, 0.15) is 101 Å². The molecule has 0 aromatic heterocycles. The third-order valence-electron chi connectivity index (χ3n) is 11.9. The predicted octanol–water partition coefficient (Wildman–Crippen LogP) is 7.47. The summed E-state index contributed by atoms with van der Waals surface area (Å²) in [5, 5.41) is 27.4. The molecule has 3 aromatic rings. The lowest BCUT2D eigenvalue weighted by molar-refractivity contribution is -0.155. The van der Waals surface area contributed by atoms with Crippen LogP contribution in [0.3, 0.4) is 0 Å². The van der Waals surface area contributed by atoms with Gasteiger partial charge in [0.15, 0.2) is 0 Å². The Morgan fingerprint density at radius 3 is 1.94 bits per heavy atom. The van der Waals surface area contributed by atoms with Crippen molar-refractivity contribution in [1.82, 2.24) is 15.5 Å². The Kier molecular flexibility index (Phi) is 12.7. The average molecular weight is 705 g/mol. The minimum atomic E-state index is -1.03. The highest BCUT2D eigenvalue weighted by atomic mass is 16.5. The molecule has 8 nitrogen and oxygen atoms in total. The Morgan fingerprint density at radius 2 is 1.42 bits per heavy atom. The number of fused-ring (bicyclic) bond motifs is 2. The molecule has 3 N–H and O–H groups in total. The number of aliphatic hydroxyl groups excluding tert-OH is 1. The SMILES string of the molecule is CC(C)C[C@H](NC(=O)NC1CCC(CCN2C3CCC2CC(OC(=O)C(CO)c2ccccc2)C3)CC1)C(C#N)(c1ccccc1)c1ccccc1. The van der Waals surface area contributed by atoms with E-state index in [-0.39, 0.29) is 36.7 Å². The Bertz CT molecular complexity index is 1570. The molecule has 6 rings (SSSR count). The minimum Gasteiger partial charge on any atom is -0.462 e. The van der Waals surface area contributed by atoms with Crippen molar-refractivity contribution in [2.45, 2.75) is 120 Å².